The Morgan fingerprint density at radius 1 is 1.54 bits per heavy atom. The van der Waals surface area contributed by atoms with Crippen molar-refractivity contribution in [1.29, 1.82) is 0 Å². The van der Waals surface area contributed by atoms with E-state index in [9.17, 15) is 8.42 Å². The molecule has 0 aromatic carbocycles. The molecule has 1 saturated carbocycles. The van der Waals surface area contributed by atoms with E-state index in [2.05, 4.69) is 9.71 Å². The van der Waals surface area contributed by atoms with Crippen LogP contribution < -0.4 is 4.72 Å². The first-order valence-corrected chi connectivity index (χ1v) is 5.83. The summed E-state index contributed by atoms with van der Waals surface area (Å²) in [6.07, 6.45) is 5.18. The summed E-state index contributed by atoms with van der Waals surface area (Å²) < 4.78 is 25.3. The number of nitrogens with one attached hydrogen (secondary N) is 2. The predicted octanol–water partition coefficient (Wildman–Crippen LogP) is 0.596. The van der Waals surface area contributed by atoms with Crippen molar-refractivity contribution < 1.29 is 8.42 Å². The molecule has 1 fully saturated rings. The first-order valence-electron chi connectivity index (χ1n) is 4.28. The lowest BCUT2D eigenvalue weighted by Crippen LogP contribution is -2.26. The molecule has 72 valence electrons. The zero-order valence-corrected chi connectivity index (χ0v) is 7.97. The fourth-order valence-corrected chi connectivity index (χ4v) is 2.51. The van der Waals surface area contributed by atoms with Crippen molar-refractivity contribution in [1.82, 2.24) is 9.71 Å². The van der Waals surface area contributed by atoms with Crippen LogP contribution in [0.25, 0.3) is 0 Å². The van der Waals surface area contributed by atoms with Gasteiger partial charge in [-0.05, 0) is 24.5 Å². The summed E-state index contributed by atoms with van der Waals surface area (Å²) in [7, 11) is -3.03. The van der Waals surface area contributed by atoms with Crippen LogP contribution in [0.15, 0.2) is 18.5 Å². The normalized spacial score (nSPS) is 17.5. The Morgan fingerprint density at radius 2 is 2.31 bits per heavy atom. The van der Waals surface area contributed by atoms with Gasteiger partial charge in [-0.3, -0.25) is 0 Å². The third-order valence-corrected chi connectivity index (χ3v) is 4.00. The van der Waals surface area contributed by atoms with Gasteiger partial charge in [-0.1, -0.05) is 0 Å². The van der Waals surface area contributed by atoms with Gasteiger partial charge in [0.25, 0.3) is 0 Å². The highest BCUT2D eigenvalue weighted by atomic mass is 32.2. The molecule has 13 heavy (non-hydrogen) atoms. The number of aromatic amines is 1. The highest BCUT2D eigenvalue weighted by Crippen LogP contribution is 2.27. The van der Waals surface area contributed by atoms with Gasteiger partial charge in [0.1, 0.15) is 0 Å². The van der Waals surface area contributed by atoms with Crippen molar-refractivity contribution in [2.45, 2.75) is 24.6 Å². The summed E-state index contributed by atoms with van der Waals surface area (Å²) in [6.45, 7) is 0.391. The monoisotopic (exact) mass is 200 g/mol. The number of rotatable bonds is 4. The van der Waals surface area contributed by atoms with E-state index < -0.39 is 10.0 Å². The molecule has 0 radical (unpaired) electrons. The van der Waals surface area contributed by atoms with Gasteiger partial charge in [0.05, 0.1) is 5.25 Å². The molecule has 0 spiro atoms. The molecule has 2 rings (SSSR count). The Labute approximate surface area is 77.4 Å². The van der Waals surface area contributed by atoms with E-state index in [-0.39, 0.29) is 5.25 Å². The maximum atomic E-state index is 11.4. The van der Waals surface area contributed by atoms with E-state index in [0.29, 0.717) is 6.54 Å². The molecule has 0 amide bonds. The van der Waals surface area contributed by atoms with Gasteiger partial charge < -0.3 is 4.98 Å². The van der Waals surface area contributed by atoms with Crippen LogP contribution in [0.2, 0.25) is 0 Å². The van der Waals surface area contributed by atoms with Crippen LogP contribution >= 0.6 is 0 Å². The average molecular weight is 200 g/mol. The van der Waals surface area contributed by atoms with Gasteiger partial charge in [0.2, 0.25) is 10.0 Å². The summed E-state index contributed by atoms with van der Waals surface area (Å²) in [5.41, 5.74) is 0.962. The van der Waals surface area contributed by atoms with Crippen molar-refractivity contribution in [2.75, 3.05) is 0 Å². The van der Waals surface area contributed by atoms with E-state index in [1.165, 1.54) is 0 Å². The van der Waals surface area contributed by atoms with Gasteiger partial charge in [-0.2, -0.15) is 0 Å². The molecule has 0 unspecified atom stereocenters. The van der Waals surface area contributed by atoms with Crippen molar-refractivity contribution in [3.05, 3.63) is 24.0 Å². The molecule has 1 aromatic rings. The lowest BCUT2D eigenvalue weighted by Gasteiger charge is -2.02. The van der Waals surface area contributed by atoms with Crippen LogP contribution in [0, 0.1) is 0 Å². The first-order chi connectivity index (χ1) is 6.18. The van der Waals surface area contributed by atoms with Crippen molar-refractivity contribution in [3.8, 4) is 0 Å². The number of H-pyrrole nitrogens is 1. The zero-order chi connectivity index (χ0) is 9.31. The molecule has 1 heterocycles. The van der Waals surface area contributed by atoms with Gasteiger partial charge in [-0.25, -0.2) is 13.1 Å². The Bertz CT molecular complexity index is 365. The van der Waals surface area contributed by atoms with Crippen LogP contribution in [0.3, 0.4) is 0 Å². The van der Waals surface area contributed by atoms with Crippen molar-refractivity contribution in [2.24, 2.45) is 0 Å². The largest absolute Gasteiger partial charge is 0.367 e. The number of sulfonamides is 1. The second-order valence-electron chi connectivity index (χ2n) is 3.28. The quantitative estimate of drug-likeness (QED) is 0.747. The summed E-state index contributed by atoms with van der Waals surface area (Å²) in [5.74, 6) is 0. The van der Waals surface area contributed by atoms with Gasteiger partial charge in [0.15, 0.2) is 0 Å². The molecular formula is C8H12N2O2S. The summed E-state index contributed by atoms with van der Waals surface area (Å²) in [6, 6.07) is 1.86. The topological polar surface area (TPSA) is 62.0 Å². The molecule has 1 aromatic heterocycles. The third kappa shape index (κ3) is 2.10. The third-order valence-electron chi connectivity index (χ3n) is 2.10. The molecule has 5 heteroatoms. The van der Waals surface area contributed by atoms with Gasteiger partial charge >= 0.3 is 0 Å². The second-order valence-corrected chi connectivity index (χ2v) is 5.33. The van der Waals surface area contributed by atoms with Crippen LogP contribution in [-0.2, 0) is 16.6 Å². The van der Waals surface area contributed by atoms with E-state index in [1.807, 2.05) is 6.07 Å². The van der Waals surface area contributed by atoms with E-state index in [0.717, 1.165) is 18.4 Å². The fraction of sp³-hybridized carbons (Fsp3) is 0.500. The lowest BCUT2D eigenvalue weighted by atomic mass is 10.4. The molecule has 0 bridgehead atoms. The second kappa shape index (κ2) is 3.16. The zero-order valence-electron chi connectivity index (χ0n) is 7.16. The Morgan fingerprint density at radius 3 is 2.85 bits per heavy atom. The Balaban J connectivity index is 1.92. The molecule has 0 atom stereocenters. The molecule has 0 saturated heterocycles. The number of hydrogen-bond donors (Lipinski definition) is 2. The minimum atomic E-state index is -3.03. The minimum Gasteiger partial charge on any atom is -0.367 e. The summed E-state index contributed by atoms with van der Waals surface area (Å²) in [4.78, 5) is 2.88. The minimum absolute atomic E-state index is 0.133. The summed E-state index contributed by atoms with van der Waals surface area (Å²) >= 11 is 0. The highest BCUT2D eigenvalue weighted by molar-refractivity contribution is 7.90. The van der Waals surface area contributed by atoms with Crippen LogP contribution in [-0.4, -0.2) is 18.7 Å². The van der Waals surface area contributed by atoms with E-state index in [4.69, 9.17) is 0 Å². The smallest absolute Gasteiger partial charge is 0.214 e. The average Bonchev–Trinajstić information content (AvgIpc) is 2.82. The van der Waals surface area contributed by atoms with E-state index >= 15 is 0 Å². The first kappa shape index (κ1) is 8.77. The Kier molecular flexibility index (Phi) is 2.13. The Hall–Kier alpha value is -0.810. The lowest BCUT2D eigenvalue weighted by molar-refractivity contribution is 0.580. The molecule has 1 aliphatic rings. The number of aromatic nitrogens is 1. The summed E-state index contributed by atoms with van der Waals surface area (Å²) in [5, 5.41) is -0.133. The SMILES string of the molecule is O=S(=O)(NCc1cc[nH]c1)C1CC1. The van der Waals surface area contributed by atoms with Crippen LogP contribution in [0.4, 0.5) is 0 Å². The fourth-order valence-electron chi connectivity index (χ4n) is 1.15. The van der Waals surface area contributed by atoms with Gasteiger partial charge in [-0.15, -0.1) is 0 Å². The van der Waals surface area contributed by atoms with Crippen molar-refractivity contribution in [3.63, 3.8) is 0 Å². The number of hydrogen-bond acceptors (Lipinski definition) is 2. The molecule has 0 aliphatic heterocycles. The molecule has 2 N–H and O–H groups in total. The predicted molar refractivity (Wildman–Crippen MR) is 49.6 cm³/mol. The van der Waals surface area contributed by atoms with E-state index in [1.54, 1.807) is 12.4 Å². The van der Waals surface area contributed by atoms with Gasteiger partial charge in [0, 0.05) is 18.9 Å². The molecule has 4 nitrogen and oxygen atoms in total. The molecule has 1 aliphatic carbocycles. The molecular weight excluding hydrogens is 188 g/mol. The van der Waals surface area contributed by atoms with Crippen molar-refractivity contribution >= 4 is 10.0 Å². The maximum absolute atomic E-state index is 11.4. The highest BCUT2D eigenvalue weighted by Gasteiger charge is 2.35. The maximum Gasteiger partial charge on any atom is 0.214 e. The van der Waals surface area contributed by atoms with Crippen LogP contribution in [0.5, 0.6) is 0 Å². The van der Waals surface area contributed by atoms with Crippen LogP contribution in [0.1, 0.15) is 18.4 Å². The standard InChI is InChI=1S/C8H12N2O2S/c11-13(12,8-1-2-8)10-6-7-3-4-9-5-7/h3-5,8-10H,1-2,6H2.